The molecule has 0 radical (unpaired) electrons. The fourth-order valence-corrected chi connectivity index (χ4v) is 2.60. The highest BCUT2D eigenvalue weighted by Crippen LogP contribution is 2.19. The van der Waals surface area contributed by atoms with Gasteiger partial charge in [-0.2, -0.15) is 5.10 Å². The van der Waals surface area contributed by atoms with E-state index in [4.69, 9.17) is 11.6 Å². The molecular formula is C17H22ClN3O. The Labute approximate surface area is 136 Å². The summed E-state index contributed by atoms with van der Waals surface area (Å²) in [6.45, 7) is 4.46. The predicted octanol–water partition coefficient (Wildman–Crippen LogP) is 3.65. The van der Waals surface area contributed by atoms with Crippen LogP contribution in [-0.2, 0) is 20.0 Å². The molecule has 4 nitrogen and oxygen atoms in total. The van der Waals surface area contributed by atoms with Gasteiger partial charge in [0.15, 0.2) is 0 Å². The lowest BCUT2D eigenvalue weighted by molar-refractivity contribution is 0.0941. The molecule has 5 heteroatoms. The summed E-state index contributed by atoms with van der Waals surface area (Å²) in [5, 5.41) is 7.45. The summed E-state index contributed by atoms with van der Waals surface area (Å²) in [6, 6.07) is 8.36. The van der Waals surface area contributed by atoms with Gasteiger partial charge in [-0.25, -0.2) is 0 Å². The minimum atomic E-state index is -0.205. The Hall–Kier alpha value is -1.81. The average Bonchev–Trinajstić information content (AvgIpc) is 2.76. The van der Waals surface area contributed by atoms with Crippen LogP contribution in [-0.4, -0.2) is 15.7 Å². The van der Waals surface area contributed by atoms with Crippen LogP contribution in [0, 0.1) is 6.92 Å². The Morgan fingerprint density at radius 2 is 1.91 bits per heavy atom. The number of carbonyl (C=O) groups excluding carboxylic acids is 1. The molecule has 2 aromatic rings. The molecule has 1 aromatic heterocycles. The summed E-state index contributed by atoms with van der Waals surface area (Å²) in [6.07, 6.45) is 3.50. The van der Waals surface area contributed by atoms with Crippen LogP contribution < -0.4 is 5.32 Å². The van der Waals surface area contributed by atoms with Crippen LogP contribution in [0.2, 0.25) is 5.02 Å². The molecular weight excluding hydrogens is 298 g/mol. The number of aryl methyl sites for hydroxylation is 3. The van der Waals surface area contributed by atoms with Gasteiger partial charge in [-0.1, -0.05) is 49.2 Å². The van der Waals surface area contributed by atoms with E-state index in [1.54, 1.807) is 14.0 Å². The molecule has 118 valence electrons. The van der Waals surface area contributed by atoms with Gasteiger partial charge in [-0.3, -0.25) is 9.48 Å². The van der Waals surface area contributed by atoms with Gasteiger partial charge < -0.3 is 5.32 Å². The van der Waals surface area contributed by atoms with Gasteiger partial charge in [-0.05, 0) is 30.9 Å². The summed E-state index contributed by atoms with van der Waals surface area (Å²) in [5.41, 5.74) is 3.47. The van der Waals surface area contributed by atoms with Gasteiger partial charge >= 0.3 is 0 Å². The highest BCUT2D eigenvalue weighted by Gasteiger charge is 2.18. The highest BCUT2D eigenvalue weighted by molar-refractivity contribution is 6.34. The van der Waals surface area contributed by atoms with Gasteiger partial charge in [-0.15, -0.1) is 0 Å². The van der Waals surface area contributed by atoms with Crippen molar-refractivity contribution in [2.45, 2.75) is 39.7 Å². The molecule has 1 amide bonds. The molecule has 0 saturated heterocycles. The first-order valence-electron chi connectivity index (χ1n) is 7.58. The number of hydrogen-bond acceptors (Lipinski definition) is 2. The maximum atomic E-state index is 12.2. The molecule has 1 N–H and O–H groups in total. The maximum absolute atomic E-state index is 12.2. The zero-order valence-corrected chi connectivity index (χ0v) is 14.1. The number of hydrogen-bond donors (Lipinski definition) is 1. The Morgan fingerprint density at radius 1 is 1.27 bits per heavy atom. The van der Waals surface area contributed by atoms with Crippen LogP contribution in [0.3, 0.4) is 0 Å². The first-order chi connectivity index (χ1) is 10.5. The molecule has 1 aromatic carbocycles. The SMILES string of the molecule is CCCCc1ccc(CNC(=O)c2c(Cl)c(C)nn2C)cc1. The molecule has 0 fully saturated rings. The van der Waals surface area contributed by atoms with Crippen LogP contribution in [0.4, 0.5) is 0 Å². The smallest absolute Gasteiger partial charge is 0.271 e. The Kier molecular flexibility index (Phi) is 5.61. The van der Waals surface area contributed by atoms with Crippen molar-refractivity contribution in [3.63, 3.8) is 0 Å². The second kappa shape index (κ2) is 7.45. The number of nitrogens with one attached hydrogen (secondary N) is 1. The van der Waals surface area contributed by atoms with Crippen LogP contribution in [0.5, 0.6) is 0 Å². The number of amides is 1. The van der Waals surface area contributed by atoms with Crippen molar-refractivity contribution in [1.29, 1.82) is 0 Å². The Morgan fingerprint density at radius 3 is 2.45 bits per heavy atom. The minimum absolute atomic E-state index is 0.205. The van der Waals surface area contributed by atoms with Gasteiger partial charge in [0.25, 0.3) is 5.91 Å². The first-order valence-corrected chi connectivity index (χ1v) is 7.95. The molecule has 0 atom stereocenters. The van der Waals surface area contributed by atoms with Gasteiger partial charge in [0.1, 0.15) is 5.69 Å². The lowest BCUT2D eigenvalue weighted by Gasteiger charge is -2.07. The van der Waals surface area contributed by atoms with E-state index < -0.39 is 0 Å². The van der Waals surface area contributed by atoms with E-state index in [0.29, 0.717) is 23.0 Å². The fraction of sp³-hybridized carbons (Fsp3) is 0.412. The molecule has 0 saturated carbocycles. The first kappa shape index (κ1) is 16.6. The van der Waals surface area contributed by atoms with Crippen molar-refractivity contribution in [2.75, 3.05) is 0 Å². The third-order valence-electron chi connectivity index (χ3n) is 3.66. The lowest BCUT2D eigenvalue weighted by atomic mass is 10.1. The summed E-state index contributed by atoms with van der Waals surface area (Å²) in [7, 11) is 1.72. The zero-order chi connectivity index (χ0) is 16.1. The molecule has 0 aliphatic carbocycles. The molecule has 22 heavy (non-hydrogen) atoms. The Balaban J connectivity index is 1.96. The molecule has 0 spiro atoms. The third kappa shape index (κ3) is 3.89. The largest absolute Gasteiger partial charge is 0.347 e. The van der Waals surface area contributed by atoms with E-state index in [1.807, 2.05) is 0 Å². The molecule has 2 rings (SSSR count). The normalized spacial score (nSPS) is 10.7. The second-order valence-corrected chi connectivity index (χ2v) is 5.85. The number of nitrogens with zero attached hydrogens (tertiary/aromatic N) is 2. The van der Waals surface area contributed by atoms with Crippen molar-refractivity contribution in [3.05, 3.63) is 51.8 Å². The van der Waals surface area contributed by atoms with Crippen molar-refractivity contribution in [2.24, 2.45) is 7.05 Å². The molecule has 0 aliphatic heterocycles. The molecule has 0 unspecified atom stereocenters. The van der Waals surface area contributed by atoms with Crippen LogP contribution in [0.1, 0.15) is 47.1 Å². The van der Waals surface area contributed by atoms with E-state index >= 15 is 0 Å². The van der Waals surface area contributed by atoms with Crippen molar-refractivity contribution in [1.82, 2.24) is 15.1 Å². The quantitative estimate of drug-likeness (QED) is 0.883. The molecule has 0 bridgehead atoms. The van der Waals surface area contributed by atoms with E-state index in [2.05, 4.69) is 41.6 Å². The summed E-state index contributed by atoms with van der Waals surface area (Å²) >= 11 is 6.12. The second-order valence-electron chi connectivity index (χ2n) is 5.47. The van der Waals surface area contributed by atoms with E-state index in [9.17, 15) is 4.79 Å². The molecule has 1 heterocycles. The number of aromatic nitrogens is 2. The Bertz CT molecular complexity index is 647. The van der Waals surface area contributed by atoms with E-state index in [-0.39, 0.29) is 5.91 Å². The lowest BCUT2D eigenvalue weighted by Crippen LogP contribution is -2.25. The zero-order valence-electron chi connectivity index (χ0n) is 13.3. The summed E-state index contributed by atoms with van der Waals surface area (Å²) in [5.74, 6) is -0.205. The monoisotopic (exact) mass is 319 g/mol. The van der Waals surface area contributed by atoms with Crippen molar-refractivity contribution < 1.29 is 4.79 Å². The van der Waals surface area contributed by atoms with Gasteiger partial charge in [0, 0.05) is 13.6 Å². The van der Waals surface area contributed by atoms with E-state index in [0.717, 1.165) is 12.0 Å². The van der Waals surface area contributed by atoms with Gasteiger partial charge in [0.2, 0.25) is 0 Å². The minimum Gasteiger partial charge on any atom is -0.347 e. The van der Waals surface area contributed by atoms with Crippen molar-refractivity contribution in [3.8, 4) is 0 Å². The number of benzene rings is 1. The number of halogens is 1. The average molecular weight is 320 g/mol. The van der Waals surface area contributed by atoms with Gasteiger partial charge in [0.05, 0.1) is 10.7 Å². The predicted molar refractivity (Wildman–Crippen MR) is 89.2 cm³/mol. The number of carbonyl (C=O) groups is 1. The highest BCUT2D eigenvalue weighted by atomic mass is 35.5. The number of rotatable bonds is 6. The summed E-state index contributed by atoms with van der Waals surface area (Å²) < 4.78 is 1.51. The number of unbranched alkanes of at least 4 members (excludes halogenated alkanes) is 1. The van der Waals surface area contributed by atoms with Crippen LogP contribution in [0.15, 0.2) is 24.3 Å². The van der Waals surface area contributed by atoms with Crippen molar-refractivity contribution >= 4 is 17.5 Å². The third-order valence-corrected chi connectivity index (χ3v) is 4.11. The van der Waals surface area contributed by atoms with Crippen LogP contribution >= 0.6 is 11.6 Å². The summed E-state index contributed by atoms with van der Waals surface area (Å²) in [4.78, 5) is 12.2. The topological polar surface area (TPSA) is 46.9 Å². The van der Waals surface area contributed by atoms with E-state index in [1.165, 1.54) is 23.1 Å². The fourth-order valence-electron chi connectivity index (χ4n) is 2.35. The maximum Gasteiger partial charge on any atom is 0.271 e. The standard InChI is InChI=1S/C17H22ClN3O/c1-4-5-6-13-7-9-14(10-8-13)11-19-17(22)16-15(18)12(2)20-21(16)3/h7-10H,4-6,11H2,1-3H3,(H,19,22). The molecule has 0 aliphatic rings. The van der Waals surface area contributed by atoms with Crippen LogP contribution in [0.25, 0.3) is 0 Å².